The molecule has 2 N–H and O–H groups in total. The molecule has 158 valence electrons. The molecule has 1 aromatic heterocycles. The SMILES string of the molecule is COc1ccc(-c2cc(S(N)(=O)=O)ccc2-c2ccccc2-c2onc(C)c2Br)cc1. The van der Waals surface area contributed by atoms with Gasteiger partial charge in [0.1, 0.15) is 5.75 Å². The number of primary sulfonamides is 1. The van der Waals surface area contributed by atoms with Crippen LogP contribution in [-0.2, 0) is 10.0 Å². The van der Waals surface area contributed by atoms with Crippen molar-refractivity contribution in [1.29, 1.82) is 0 Å². The first-order valence-corrected chi connectivity index (χ1v) is 11.7. The van der Waals surface area contributed by atoms with E-state index in [0.29, 0.717) is 17.1 Å². The van der Waals surface area contributed by atoms with Crippen molar-refractivity contribution in [1.82, 2.24) is 5.16 Å². The number of rotatable bonds is 5. The maximum atomic E-state index is 12.0. The molecular weight excluding hydrogens is 480 g/mol. The lowest BCUT2D eigenvalue weighted by Crippen LogP contribution is -2.12. The van der Waals surface area contributed by atoms with Crippen LogP contribution in [0.15, 0.2) is 80.6 Å². The lowest BCUT2D eigenvalue weighted by Gasteiger charge is -2.15. The third-order valence-electron chi connectivity index (χ3n) is 4.97. The average Bonchev–Trinajstić information content (AvgIpc) is 3.11. The Bertz CT molecular complexity index is 1360. The van der Waals surface area contributed by atoms with Crippen molar-refractivity contribution in [2.24, 2.45) is 5.14 Å². The van der Waals surface area contributed by atoms with Gasteiger partial charge < -0.3 is 9.26 Å². The van der Waals surface area contributed by atoms with Crippen LogP contribution in [-0.4, -0.2) is 20.7 Å². The largest absolute Gasteiger partial charge is 0.497 e. The van der Waals surface area contributed by atoms with Gasteiger partial charge in [-0.25, -0.2) is 13.6 Å². The second-order valence-electron chi connectivity index (χ2n) is 6.94. The minimum atomic E-state index is -3.87. The molecule has 0 radical (unpaired) electrons. The molecule has 4 aromatic rings. The number of ether oxygens (including phenoxy) is 1. The molecular formula is C23H19BrN2O4S. The lowest BCUT2D eigenvalue weighted by molar-refractivity contribution is 0.415. The molecule has 0 saturated heterocycles. The van der Waals surface area contributed by atoms with Crippen molar-refractivity contribution >= 4 is 26.0 Å². The first-order chi connectivity index (χ1) is 14.8. The van der Waals surface area contributed by atoms with Crippen LogP contribution >= 0.6 is 15.9 Å². The number of aryl methyl sites for hydroxylation is 1. The number of sulfonamides is 1. The van der Waals surface area contributed by atoms with Gasteiger partial charge in [-0.3, -0.25) is 0 Å². The molecule has 8 heteroatoms. The highest BCUT2D eigenvalue weighted by molar-refractivity contribution is 9.10. The van der Waals surface area contributed by atoms with Gasteiger partial charge in [-0.05, 0) is 69.4 Å². The fraction of sp³-hybridized carbons (Fsp3) is 0.0870. The van der Waals surface area contributed by atoms with Gasteiger partial charge in [0.15, 0.2) is 5.76 Å². The summed E-state index contributed by atoms with van der Waals surface area (Å²) in [5, 5.41) is 9.45. The number of nitrogens with zero attached hydrogens (tertiary/aromatic N) is 1. The van der Waals surface area contributed by atoms with E-state index in [0.717, 1.165) is 32.4 Å². The quantitative estimate of drug-likeness (QED) is 0.397. The van der Waals surface area contributed by atoms with E-state index < -0.39 is 10.0 Å². The van der Waals surface area contributed by atoms with Crippen LogP contribution in [0.25, 0.3) is 33.6 Å². The van der Waals surface area contributed by atoms with E-state index in [2.05, 4.69) is 21.1 Å². The number of methoxy groups -OCH3 is 1. The summed E-state index contributed by atoms with van der Waals surface area (Å²) in [6.45, 7) is 1.85. The Morgan fingerprint density at radius 3 is 2.16 bits per heavy atom. The third-order valence-corrected chi connectivity index (χ3v) is 6.82. The first-order valence-electron chi connectivity index (χ1n) is 9.32. The molecule has 0 fully saturated rings. The van der Waals surface area contributed by atoms with Crippen molar-refractivity contribution in [3.63, 3.8) is 0 Å². The maximum absolute atomic E-state index is 12.0. The minimum Gasteiger partial charge on any atom is -0.497 e. The number of hydrogen-bond acceptors (Lipinski definition) is 5. The van der Waals surface area contributed by atoms with E-state index >= 15 is 0 Å². The molecule has 0 amide bonds. The van der Waals surface area contributed by atoms with E-state index in [-0.39, 0.29) is 4.90 Å². The number of aromatic nitrogens is 1. The van der Waals surface area contributed by atoms with Gasteiger partial charge in [-0.1, -0.05) is 47.6 Å². The molecule has 0 spiro atoms. The summed E-state index contributed by atoms with van der Waals surface area (Å²) in [4.78, 5) is 0.0382. The predicted molar refractivity (Wildman–Crippen MR) is 123 cm³/mol. The summed E-state index contributed by atoms with van der Waals surface area (Å²) in [6, 6.07) is 20.0. The van der Waals surface area contributed by atoms with Gasteiger partial charge in [-0.15, -0.1) is 0 Å². The van der Waals surface area contributed by atoms with E-state index in [1.54, 1.807) is 19.2 Å². The minimum absolute atomic E-state index is 0.0382. The van der Waals surface area contributed by atoms with E-state index in [1.807, 2.05) is 55.5 Å². The Hall–Kier alpha value is -2.94. The highest BCUT2D eigenvalue weighted by Gasteiger charge is 2.20. The summed E-state index contributed by atoms with van der Waals surface area (Å²) in [5.41, 5.74) is 4.80. The number of nitrogens with two attached hydrogens (primary N) is 1. The highest BCUT2D eigenvalue weighted by atomic mass is 79.9. The van der Waals surface area contributed by atoms with E-state index in [4.69, 9.17) is 14.4 Å². The van der Waals surface area contributed by atoms with E-state index in [1.165, 1.54) is 6.07 Å². The Morgan fingerprint density at radius 2 is 1.58 bits per heavy atom. The van der Waals surface area contributed by atoms with Gasteiger partial charge in [0.25, 0.3) is 0 Å². The van der Waals surface area contributed by atoms with Gasteiger partial charge >= 0.3 is 0 Å². The van der Waals surface area contributed by atoms with Crippen molar-refractivity contribution in [3.05, 3.63) is 76.9 Å². The van der Waals surface area contributed by atoms with Crippen LogP contribution in [0.4, 0.5) is 0 Å². The predicted octanol–water partition coefficient (Wildman–Crippen LogP) is 5.40. The summed E-state index contributed by atoms with van der Waals surface area (Å²) in [5.74, 6) is 1.30. The van der Waals surface area contributed by atoms with Crippen LogP contribution in [0, 0.1) is 6.92 Å². The zero-order chi connectivity index (χ0) is 22.2. The van der Waals surface area contributed by atoms with Crippen LogP contribution in [0.5, 0.6) is 5.75 Å². The zero-order valence-corrected chi connectivity index (χ0v) is 19.2. The van der Waals surface area contributed by atoms with Crippen LogP contribution in [0.2, 0.25) is 0 Å². The van der Waals surface area contributed by atoms with Gasteiger partial charge in [0.05, 0.1) is 22.2 Å². The topological polar surface area (TPSA) is 95.4 Å². The molecule has 0 bridgehead atoms. The molecule has 4 rings (SSSR count). The van der Waals surface area contributed by atoms with Gasteiger partial charge in [0, 0.05) is 5.56 Å². The Balaban J connectivity index is 1.99. The van der Waals surface area contributed by atoms with Crippen LogP contribution in [0.3, 0.4) is 0 Å². The first kappa shape index (κ1) is 21.3. The molecule has 0 aliphatic rings. The molecule has 31 heavy (non-hydrogen) atoms. The molecule has 0 unspecified atom stereocenters. The highest BCUT2D eigenvalue weighted by Crippen LogP contribution is 2.41. The molecule has 0 aliphatic carbocycles. The maximum Gasteiger partial charge on any atom is 0.238 e. The fourth-order valence-corrected chi connectivity index (χ4v) is 4.28. The van der Waals surface area contributed by atoms with Crippen molar-refractivity contribution < 1.29 is 17.7 Å². The summed E-state index contributed by atoms with van der Waals surface area (Å²) in [7, 11) is -2.28. The molecule has 0 aliphatic heterocycles. The molecule has 0 saturated carbocycles. The third kappa shape index (κ3) is 4.14. The van der Waals surface area contributed by atoms with Gasteiger partial charge in [0.2, 0.25) is 10.0 Å². The second-order valence-corrected chi connectivity index (χ2v) is 9.29. The summed E-state index contributed by atoms with van der Waals surface area (Å²) < 4.78 is 35.6. The molecule has 6 nitrogen and oxygen atoms in total. The molecule has 0 atom stereocenters. The average molecular weight is 499 g/mol. The summed E-state index contributed by atoms with van der Waals surface area (Å²) >= 11 is 3.54. The zero-order valence-electron chi connectivity index (χ0n) is 16.8. The van der Waals surface area contributed by atoms with Crippen molar-refractivity contribution in [2.75, 3.05) is 7.11 Å². The molecule has 1 heterocycles. The molecule has 3 aromatic carbocycles. The standard InChI is InChI=1S/C23H19BrN2O4S/c1-14-22(24)23(30-26-14)20-6-4-3-5-18(20)19-12-11-17(31(25,27)28)13-21(19)15-7-9-16(29-2)10-8-15/h3-13H,1-2H3,(H2,25,27,28). The number of benzene rings is 3. The normalized spacial score (nSPS) is 11.5. The van der Waals surface area contributed by atoms with E-state index in [9.17, 15) is 8.42 Å². The van der Waals surface area contributed by atoms with Gasteiger partial charge in [-0.2, -0.15) is 0 Å². The summed E-state index contributed by atoms with van der Waals surface area (Å²) in [6.07, 6.45) is 0. The monoisotopic (exact) mass is 498 g/mol. The lowest BCUT2D eigenvalue weighted by atomic mass is 9.91. The Labute approximate surface area is 188 Å². The van der Waals surface area contributed by atoms with Crippen molar-refractivity contribution in [3.8, 4) is 39.3 Å². The fourth-order valence-electron chi connectivity index (χ4n) is 3.39. The Morgan fingerprint density at radius 1 is 0.935 bits per heavy atom. The number of hydrogen-bond donors (Lipinski definition) is 1. The Kier molecular flexibility index (Phi) is 5.70. The van der Waals surface area contributed by atoms with Crippen LogP contribution < -0.4 is 9.88 Å². The van der Waals surface area contributed by atoms with Crippen LogP contribution in [0.1, 0.15) is 5.69 Å². The second kappa shape index (κ2) is 8.30. The smallest absolute Gasteiger partial charge is 0.238 e. The van der Waals surface area contributed by atoms with Crippen molar-refractivity contribution in [2.45, 2.75) is 11.8 Å². The number of halogens is 1.